The molecule has 0 saturated carbocycles. The van der Waals surface area contributed by atoms with Crippen molar-refractivity contribution in [3.05, 3.63) is 35.4 Å². The van der Waals surface area contributed by atoms with Gasteiger partial charge in [0.05, 0.1) is 12.1 Å². The highest BCUT2D eigenvalue weighted by atomic mass is 16.2. The summed E-state index contributed by atoms with van der Waals surface area (Å²) >= 11 is 0. The van der Waals surface area contributed by atoms with E-state index < -0.39 is 0 Å². The number of carbonyl (C=O) groups is 1. The zero-order valence-corrected chi connectivity index (χ0v) is 13.3. The van der Waals surface area contributed by atoms with Crippen LogP contribution in [0.4, 0.5) is 0 Å². The number of hydrogen-bond donors (Lipinski definition) is 2. The Morgan fingerprint density at radius 1 is 1.48 bits per heavy atom. The molecule has 1 amide bonds. The number of amides is 1. The van der Waals surface area contributed by atoms with Gasteiger partial charge < -0.3 is 11.1 Å². The maximum absolute atomic E-state index is 12.2. The molecule has 1 fully saturated rings. The Hall–Kier alpha value is -1.39. The fourth-order valence-corrected chi connectivity index (χ4v) is 3.37. The maximum atomic E-state index is 12.2. The van der Waals surface area contributed by atoms with E-state index in [-0.39, 0.29) is 24.0 Å². The molecule has 1 aliphatic rings. The van der Waals surface area contributed by atoms with Crippen LogP contribution in [0.3, 0.4) is 0 Å². The first-order valence-electron chi connectivity index (χ1n) is 7.88. The molecule has 0 spiro atoms. The van der Waals surface area contributed by atoms with Gasteiger partial charge in [-0.3, -0.25) is 9.69 Å². The predicted molar refractivity (Wildman–Crippen MR) is 86.0 cm³/mol. The highest BCUT2D eigenvalue weighted by Gasteiger charge is 2.38. The van der Waals surface area contributed by atoms with Crippen LogP contribution < -0.4 is 11.1 Å². The average Bonchev–Trinajstić information content (AvgIpc) is 2.97. The molecule has 3 N–H and O–H groups in total. The van der Waals surface area contributed by atoms with Gasteiger partial charge >= 0.3 is 0 Å². The van der Waals surface area contributed by atoms with E-state index >= 15 is 0 Å². The molecule has 2 rings (SSSR count). The summed E-state index contributed by atoms with van der Waals surface area (Å²) in [5, 5.41) is 2.79. The van der Waals surface area contributed by atoms with Gasteiger partial charge in [-0.2, -0.15) is 0 Å². The van der Waals surface area contributed by atoms with Gasteiger partial charge in [0, 0.05) is 13.1 Å². The fraction of sp³-hybridized carbons (Fsp3) is 0.588. The van der Waals surface area contributed by atoms with Gasteiger partial charge in [0.15, 0.2) is 0 Å². The Morgan fingerprint density at radius 3 is 2.81 bits per heavy atom. The third kappa shape index (κ3) is 3.27. The van der Waals surface area contributed by atoms with Gasteiger partial charge in [-0.05, 0) is 43.9 Å². The van der Waals surface area contributed by atoms with Crippen molar-refractivity contribution in [2.45, 2.75) is 51.2 Å². The quantitative estimate of drug-likeness (QED) is 0.871. The fourth-order valence-electron chi connectivity index (χ4n) is 3.37. The first-order valence-corrected chi connectivity index (χ1v) is 7.88. The van der Waals surface area contributed by atoms with Gasteiger partial charge in [0.2, 0.25) is 5.91 Å². The largest absolute Gasteiger partial charge is 0.358 e. The number of carbonyl (C=O) groups excluding carboxylic acids is 1. The maximum Gasteiger partial charge on any atom is 0.237 e. The first kappa shape index (κ1) is 16.0. The number of rotatable bonds is 5. The summed E-state index contributed by atoms with van der Waals surface area (Å²) in [6.45, 7) is 5.17. The number of nitrogens with two attached hydrogens (primary N) is 1. The van der Waals surface area contributed by atoms with Gasteiger partial charge in [0.1, 0.15) is 0 Å². The van der Waals surface area contributed by atoms with Crippen molar-refractivity contribution in [3.8, 4) is 0 Å². The Bertz CT molecular complexity index is 489. The molecule has 1 aromatic carbocycles. The van der Waals surface area contributed by atoms with Crippen molar-refractivity contribution in [3.63, 3.8) is 0 Å². The minimum atomic E-state index is -0.0581. The van der Waals surface area contributed by atoms with E-state index in [2.05, 4.69) is 42.3 Å². The molecule has 1 heterocycles. The summed E-state index contributed by atoms with van der Waals surface area (Å²) < 4.78 is 0. The number of likely N-dealkylation sites (N-methyl/N-ethyl adjacent to an activating group) is 1. The van der Waals surface area contributed by atoms with Gasteiger partial charge in [-0.25, -0.2) is 0 Å². The number of nitrogens with one attached hydrogen (secondary N) is 1. The van der Waals surface area contributed by atoms with Gasteiger partial charge in [0.25, 0.3) is 0 Å². The van der Waals surface area contributed by atoms with Crippen LogP contribution in [0.15, 0.2) is 24.3 Å². The Balaban J connectivity index is 2.37. The van der Waals surface area contributed by atoms with Gasteiger partial charge in [-0.15, -0.1) is 0 Å². The molecule has 3 unspecified atom stereocenters. The van der Waals surface area contributed by atoms with Crippen molar-refractivity contribution >= 4 is 5.91 Å². The summed E-state index contributed by atoms with van der Waals surface area (Å²) in [5.74, 6) is 0.106. The smallest absolute Gasteiger partial charge is 0.237 e. The third-order valence-corrected chi connectivity index (χ3v) is 4.58. The molecule has 0 aliphatic carbocycles. The zero-order valence-electron chi connectivity index (χ0n) is 13.3. The Labute approximate surface area is 127 Å². The van der Waals surface area contributed by atoms with Crippen LogP contribution in [-0.2, 0) is 4.79 Å². The lowest BCUT2D eigenvalue weighted by molar-refractivity contribution is -0.125. The second-order valence-corrected chi connectivity index (χ2v) is 5.88. The highest BCUT2D eigenvalue weighted by Crippen LogP contribution is 2.33. The molecule has 21 heavy (non-hydrogen) atoms. The zero-order chi connectivity index (χ0) is 15.4. The second-order valence-electron chi connectivity index (χ2n) is 5.88. The standard InChI is InChI=1S/C17H27N3O/c1-4-14(18)16(13-9-6-5-8-12(13)2)20-11-7-10-15(20)17(21)19-3/h5-6,8-9,14-16H,4,7,10-11,18H2,1-3H3,(H,19,21). The van der Waals surface area contributed by atoms with Crippen molar-refractivity contribution < 1.29 is 4.79 Å². The van der Waals surface area contributed by atoms with E-state index in [1.165, 1.54) is 11.1 Å². The highest BCUT2D eigenvalue weighted by molar-refractivity contribution is 5.81. The monoisotopic (exact) mass is 289 g/mol. The minimum absolute atomic E-state index is 0.0383. The lowest BCUT2D eigenvalue weighted by Gasteiger charge is -2.36. The molecule has 1 saturated heterocycles. The second kappa shape index (κ2) is 7.05. The van der Waals surface area contributed by atoms with E-state index in [0.29, 0.717) is 0 Å². The van der Waals surface area contributed by atoms with Crippen molar-refractivity contribution in [2.24, 2.45) is 5.73 Å². The Kier molecular flexibility index (Phi) is 5.37. The van der Waals surface area contributed by atoms with Crippen molar-refractivity contribution in [1.82, 2.24) is 10.2 Å². The Morgan fingerprint density at radius 2 is 2.19 bits per heavy atom. The van der Waals surface area contributed by atoms with Crippen LogP contribution in [0.25, 0.3) is 0 Å². The molecule has 1 aromatic rings. The van der Waals surface area contributed by atoms with Crippen molar-refractivity contribution in [1.29, 1.82) is 0 Å². The lowest BCUT2D eigenvalue weighted by Crippen LogP contribution is -2.48. The molecular formula is C17H27N3O. The van der Waals surface area contributed by atoms with Crippen LogP contribution in [0.1, 0.15) is 43.4 Å². The van der Waals surface area contributed by atoms with Gasteiger partial charge in [-0.1, -0.05) is 31.2 Å². The van der Waals surface area contributed by atoms with Crippen LogP contribution in [-0.4, -0.2) is 36.5 Å². The van der Waals surface area contributed by atoms with E-state index in [0.717, 1.165) is 25.8 Å². The summed E-state index contributed by atoms with van der Waals surface area (Å²) in [5.41, 5.74) is 8.93. The van der Waals surface area contributed by atoms with E-state index in [4.69, 9.17) is 5.73 Å². The normalized spacial score (nSPS) is 22.0. The summed E-state index contributed by atoms with van der Waals surface area (Å²) in [4.78, 5) is 14.5. The van der Waals surface area contributed by atoms with E-state index in [9.17, 15) is 4.79 Å². The SMILES string of the molecule is CCC(N)C(c1ccccc1C)N1CCCC1C(=O)NC. The molecule has 0 radical (unpaired) electrons. The molecule has 116 valence electrons. The number of benzene rings is 1. The topological polar surface area (TPSA) is 58.4 Å². The van der Waals surface area contributed by atoms with Crippen LogP contribution >= 0.6 is 0 Å². The molecule has 0 bridgehead atoms. The molecule has 1 aliphatic heterocycles. The molecular weight excluding hydrogens is 262 g/mol. The molecule has 4 heteroatoms. The number of aryl methyl sites for hydroxylation is 1. The minimum Gasteiger partial charge on any atom is -0.358 e. The molecule has 3 atom stereocenters. The molecule has 4 nitrogen and oxygen atoms in total. The first-order chi connectivity index (χ1) is 10.1. The number of likely N-dealkylation sites (tertiary alicyclic amines) is 1. The third-order valence-electron chi connectivity index (χ3n) is 4.58. The number of nitrogens with zero attached hydrogens (tertiary/aromatic N) is 1. The predicted octanol–water partition coefficient (Wildman–Crippen LogP) is 1.98. The van der Waals surface area contributed by atoms with E-state index in [1.54, 1.807) is 7.05 Å². The summed E-state index contributed by atoms with van der Waals surface area (Å²) in [7, 11) is 1.71. The molecule has 0 aromatic heterocycles. The van der Waals surface area contributed by atoms with E-state index in [1.807, 2.05) is 6.07 Å². The number of hydrogen-bond acceptors (Lipinski definition) is 3. The van der Waals surface area contributed by atoms with Crippen LogP contribution in [0.5, 0.6) is 0 Å². The van der Waals surface area contributed by atoms with Crippen molar-refractivity contribution in [2.75, 3.05) is 13.6 Å². The summed E-state index contributed by atoms with van der Waals surface area (Å²) in [6.07, 6.45) is 2.87. The van der Waals surface area contributed by atoms with Crippen LogP contribution in [0.2, 0.25) is 0 Å². The average molecular weight is 289 g/mol. The van der Waals surface area contributed by atoms with Crippen LogP contribution in [0, 0.1) is 6.92 Å². The summed E-state index contributed by atoms with van der Waals surface area (Å²) in [6, 6.07) is 8.47. The lowest BCUT2D eigenvalue weighted by atomic mass is 9.92.